The number of benzene rings is 1. The smallest absolute Gasteiger partial charge is 0.285 e. The van der Waals surface area contributed by atoms with Crippen molar-refractivity contribution >= 4 is 28.3 Å². The van der Waals surface area contributed by atoms with E-state index in [1.807, 2.05) is 22.6 Å². The Morgan fingerprint density at radius 1 is 1.50 bits per heavy atom. The van der Waals surface area contributed by atoms with E-state index in [4.69, 9.17) is 4.52 Å². The average Bonchev–Trinajstić information content (AvgIpc) is 2.63. The van der Waals surface area contributed by atoms with Crippen LogP contribution in [-0.2, 0) is 0 Å². The third-order valence-electron chi connectivity index (χ3n) is 2.05. The predicted octanol–water partition coefficient (Wildman–Crippen LogP) is 2.56. The summed E-state index contributed by atoms with van der Waals surface area (Å²) in [6, 6.07) is 4.98. The molecule has 16 heavy (non-hydrogen) atoms. The first kappa shape index (κ1) is 11.0. The van der Waals surface area contributed by atoms with Crippen molar-refractivity contribution in [1.82, 2.24) is 10.1 Å². The van der Waals surface area contributed by atoms with Gasteiger partial charge in [-0.15, -0.1) is 0 Å². The summed E-state index contributed by atoms with van der Waals surface area (Å²) in [4.78, 5) is 14.5. The van der Waals surface area contributed by atoms with E-state index in [0.717, 1.165) is 0 Å². The van der Waals surface area contributed by atoms with E-state index < -0.39 is 4.92 Å². The average molecular weight is 331 g/mol. The van der Waals surface area contributed by atoms with Gasteiger partial charge >= 0.3 is 0 Å². The van der Waals surface area contributed by atoms with Crippen LogP contribution in [0.3, 0.4) is 0 Å². The molecule has 7 heteroatoms. The maximum atomic E-state index is 10.9. The summed E-state index contributed by atoms with van der Waals surface area (Å²) in [5, 5.41) is 14.5. The lowest BCUT2D eigenvalue weighted by molar-refractivity contribution is -0.384. The summed E-state index contributed by atoms with van der Waals surface area (Å²) < 4.78 is 5.34. The van der Waals surface area contributed by atoms with Gasteiger partial charge in [0.2, 0.25) is 3.83 Å². The summed E-state index contributed by atoms with van der Waals surface area (Å²) >= 11 is 1.88. The Morgan fingerprint density at radius 2 is 2.25 bits per heavy atom. The van der Waals surface area contributed by atoms with E-state index in [0.29, 0.717) is 15.0 Å². The van der Waals surface area contributed by atoms with Crippen molar-refractivity contribution in [1.29, 1.82) is 0 Å². The fourth-order valence-electron chi connectivity index (χ4n) is 1.39. The summed E-state index contributed by atoms with van der Waals surface area (Å²) in [7, 11) is 0. The minimum atomic E-state index is -0.443. The first-order chi connectivity index (χ1) is 7.59. The summed E-state index contributed by atoms with van der Waals surface area (Å²) in [5.41, 5.74) is 0.915. The van der Waals surface area contributed by atoms with Crippen molar-refractivity contribution in [3.8, 4) is 11.5 Å². The fraction of sp³-hybridized carbons (Fsp3) is 0.111. The van der Waals surface area contributed by atoms with Crippen molar-refractivity contribution < 1.29 is 9.45 Å². The van der Waals surface area contributed by atoms with Crippen molar-refractivity contribution in [2.45, 2.75) is 6.92 Å². The minimum absolute atomic E-state index is 0.00236. The molecule has 0 fully saturated rings. The van der Waals surface area contributed by atoms with Gasteiger partial charge in [0, 0.05) is 28.2 Å². The molecule has 82 valence electrons. The molecule has 0 N–H and O–H groups in total. The molecule has 6 nitrogen and oxygen atoms in total. The predicted molar refractivity (Wildman–Crippen MR) is 63.8 cm³/mol. The molecule has 0 aliphatic heterocycles. The molecule has 0 spiro atoms. The number of hydrogen-bond donors (Lipinski definition) is 0. The number of para-hydroxylation sites is 1. The van der Waals surface area contributed by atoms with Gasteiger partial charge in [0.25, 0.3) is 11.6 Å². The Labute approximate surface area is 104 Å². The van der Waals surface area contributed by atoms with E-state index in [2.05, 4.69) is 10.1 Å². The number of halogens is 1. The number of nitrogens with zero attached hydrogens (tertiary/aromatic N) is 3. The number of hydrogen-bond acceptors (Lipinski definition) is 5. The van der Waals surface area contributed by atoms with Gasteiger partial charge in [-0.05, 0) is 13.0 Å². The lowest BCUT2D eigenvalue weighted by Gasteiger charge is -2.00. The molecule has 0 saturated heterocycles. The largest absolute Gasteiger partial charge is 0.333 e. The van der Waals surface area contributed by atoms with Crippen LogP contribution in [0.25, 0.3) is 11.5 Å². The summed E-state index contributed by atoms with van der Waals surface area (Å²) in [6.07, 6.45) is 0. The van der Waals surface area contributed by atoms with Gasteiger partial charge in [-0.3, -0.25) is 10.1 Å². The molecule has 0 saturated carbocycles. The van der Waals surface area contributed by atoms with Gasteiger partial charge in [-0.1, -0.05) is 17.3 Å². The zero-order valence-electron chi connectivity index (χ0n) is 8.18. The standard InChI is InChI=1S/C9H6IN3O3/c1-5-3-2-4-6(7(5)13(14)15)8-11-9(10)12-16-8/h2-4H,1H3. The monoisotopic (exact) mass is 331 g/mol. The zero-order valence-corrected chi connectivity index (χ0v) is 10.3. The van der Waals surface area contributed by atoms with E-state index in [1.54, 1.807) is 25.1 Å². The first-order valence-electron chi connectivity index (χ1n) is 4.33. The van der Waals surface area contributed by atoms with Gasteiger partial charge in [0.1, 0.15) is 5.56 Å². The molecule has 2 aromatic rings. The molecule has 1 aromatic heterocycles. The maximum Gasteiger partial charge on any atom is 0.285 e. The van der Waals surface area contributed by atoms with E-state index >= 15 is 0 Å². The third-order valence-corrected chi connectivity index (χ3v) is 2.49. The van der Waals surface area contributed by atoms with Gasteiger partial charge in [-0.2, -0.15) is 4.98 Å². The molecule has 1 aromatic carbocycles. The van der Waals surface area contributed by atoms with Gasteiger partial charge in [0.05, 0.1) is 4.92 Å². The highest BCUT2D eigenvalue weighted by Gasteiger charge is 2.22. The molecule has 0 amide bonds. The van der Waals surface area contributed by atoms with E-state index in [9.17, 15) is 10.1 Å². The van der Waals surface area contributed by atoms with Crippen LogP contribution in [0.5, 0.6) is 0 Å². The van der Waals surface area contributed by atoms with Crippen LogP contribution in [-0.4, -0.2) is 15.1 Å². The zero-order chi connectivity index (χ0) is 11.7. The van der Waals surface area contributed by atoms with Gasteiger partial charge in [0.15, 0.2) is 0 Å². The van der Waals surface area contributed by atoms with Crippen LogP contribution in [0, 0.1) is 20.9 Å². The molecule has 0 radical (unpaired) electrons. The highest BCUT2D eigenvalue weighted by molar-refractivity contribution is 14.1. The summed E-state index contributed by atoms with van der Waals surface area (Å²) in [5.74, 6) is 0.166. The quantitative estimate of drug-likeness (QED) is 0.480. The van der Waals surface area contributed by atoms with Gasteiger partial charge < -0.3 is 4.52 Å². The molecule has 0 aliphatic carbocycles. The molecule has 0 bridgehead atoms. The lowest BCUT2D eigenvalue weighted by Crippen LogP contribution is -1.95. The third kappa shape index (κ3) is 1.90. The molecular weight excluding hydrogens is 325 g/mol. The number of aromatic nitrogens is 2. The SMILES string of the molecule is Cc1cccc(-c2nc(I)no2)c1[N+](=O)[O-]. The van der Waals surface area contributed by atoms with E-state index in [-0.39, 0.29) is 11.6 Å². The molecule has 0 aliphatic rings. The Balaban J connectivity index is 2.65. The van der Waals surface area contributed by atoms with Crippen molar-refractivity contribution in [3.63, 3.8) is 0 Å². The Hall–Kier alpha value is -1.51. The fourth-order valence-corrected chi connectivity index (χ4v) is 1.71. The van der Waals surface area contributed by atoms with Crippen LogP contribution >= 0.6 is 22.6 Å². The molecule has 0 atom stereocenters. The van der Waals surface area contributed by atoms with Crippen LogP contribution in [0.15, 0.2) is 22.7 Å². The Bertz CT molecular complexity index is 553. The lowest BCUT2D eigenvalue weighted by atomic mass is 10.1. The van der Waals surface area contributed by atoms with Crippen LogP contribution < -0.4 is 0 Å². The van der Waals surface area contributed by atoms with Crippen molar-refractivity contribution in [2.24, 2.45) is 0 Å². The molecular formula is C9H6IN3O3. The van der Waals surface area contributed by atoms with Crippen molar-refractivity contribution in [2.75, 3.05) is 0 Å². The second-order valence-corrected chi connectivity index (χ2v) is 4.06. The van der Waals surface area contributed by atoms with Crippen LogP contribution in [0.1, 0.15) is 5.56 Å². The van der Waals surface area contributed by atoms with Crippen LogP contribution in [0.4, 0.5) is 5.69 Å². The highest BCUT2D eigenvalue weighted by Crippen LogP contribution is 2.31. The Morgan fingerprint density at radius 3 is 2.81 bits per heavy atom. The van der Waals surface area contributed by atoms with Gasteiger partial charge in [-0.25, -0.2) is 0 Å². The summed E-state index contributed by atoms with van der Waals surface area (Å²) in [6.45, 7) is 1.67. The molecule has 2 rings (SSSR count). The number of nitro groups is 1. The first-order valence-corrected chi connectivity index (χ1v) is 5.41. The van der Waals surface area contributed by atoms with Crippen LogP contribution in [0.2, 0.25) is 0 Å². The number of aryl methyl sites for hydroxylation is 1. The topological polar surface area (TPSA) is 82.1 Å². The van der Waals surface area contributed by atoms with E-state index in [1.165, 1.54) is 0 Å². The number of rotatable bonds is 2. The molecule has 0 unspecified atom stereocenters. The normalized spacial score (nSPS) is 10.4. The Kier molecular flexibility index (Phi) is 2.86. The second kappa shape index (κ2) is 4.16. The minimum Gasteiger partial charge on any atom is -0.333 e. The maximum absolute atomic E-state index is 10.9. The van der Waals surface area contributed by atoms with Crippen molar-refractivity contribution in [3.05, 3.63) is 37.7 Å². The highest BCUT2D eigenvalue weighted by atomic mass is 127. The second-order valence-electron chi connectivity index (χ2n) is 3.10. The number of nitro benzene ring substituents is 1. The molecule has 1 heterocycles.